The summed E-state index contributed by atoms with van der Waals surface area (Å²) in [6.07, 6.45) is -4.49. The van der Waals surface area contributed by atoms with Gasteiger partial charge in [-0.1, -0.05) is 6.92 Å². The third-order valence-corrected chi connectivity index (χ3v) is 1.28. The fourth-order valence-electron chi connectivity index (χ4n) is 0.787. The average molecular weight is 194 g/mol. The van der Waals surface area contributed by atoms with Crippen molar-refractivity contribution in [1.29, 1.82) is 5.26 Å². The van der Waals surface area contributed by atoms with Crippen LogP contribution in [0, 0.1) is 11.3 Å². The molecular weight excluding hydrogens is 185 g/mol. The third-order valence-electron chi connectivity index (χ3n) is 1.28. The molecule has 0 unspecified atom stereocenters. The quantitative estimate of drug-likeness (QED) is 0.636. The minimum atomic E-state index is -4.88. The predicted octanol–water partition coefficient (Wildman–Crippen LogP) is 1.31. The summed E-state index contributed by atoms with van der Waals surface area (Å²) in [5.41, 5.74) is 0. The molecule has 74 valence electrons. The van der Waals surface area contributed by atoms with Crippen LogP contribution in [0.2, 0.25) is 0 Å². The topological polar surface area (TPSA) is 44.1 Å². The van der Waals surface area contributed by atoms with Crippen LogP contribution >= 0.6 is 0 Å². The first-order valence-electron chi connectivity index (χ1n) is 3.66. The Kier molecular flexibility index (Phi) is 4.25. The van der Waals surface area contributed by atoms with Crippen LogP contribution in [0.1, 0.15) is 13.3 Å². The molecule has 0 aliphatic carbocycles. The zero-order valence-corrected chi connectivity index (χ0v) is 7.06. The van der Waals surface area contributed by atoms with Gasteiger partial charge in [-0.15, -0.1) is 0 Å². The molecular formula is C7H9F3N2O. The van der Waals surface area contributed by atoms with Gasteiger partial charge in [0.05, 0.1) is 6.07 Å². The Morgan fingerprint density at radius 2 is 2.08 bits per heavy atom. The van der Waals surface area contributed by atoms with Crippen molar-refractivity contribution >= 4 is 5.91 Å². The second-order valence-electron chi connectivity index (χ2n) is 2.38. The lowest BCUT2D eigenvalue weighted by atomic mass is 10.4. The van der Waals surface area contributed by atoms with Crippen molar-refractivity contribution in [3.05, 3.63) is 0 Å². The van der Waals surface area contributed by atoms with E-state index in [0.29, 0.717) is 11.3 Å². The Bertz CT molecular complexity index is 219. The number of amides is 1. The van der Waals surface area contributed by atoms with Crippen LogP contribution in [0.4, 0.5) is 13.2 Å². The van der Waals surface area contributed by atoms with Crippen molar-refractivity contribution < 1.29 is 18.0 Å². The van der Waals surface area contributed by atoms with Crippen molar-refractivity contribution in [3.8, 4) is 6.07 Å². The summed E-state index contributed by atoms with van der Waals surface area (Å²) in [7, 11) is 0. The van der Waals surface area contributed by atoms with Crippen molar-refractivity contribution in [1.82, 2.24) is 4.90 Å². The molecule has 6 heteroatoms. The zero-order valence-electron chi connectivity index (χ0n) is 7.06. The molecule has 0 aliphatic rings. The molecule has 0 heterocycles. The molecule has 0 aromatic carbocycles. The molecule has 0 bridgehead atoms. The monoisotopic (exact) mass is 194 g/mol. The van der Waals surface area contributed by atoms with E-state index in [-0.39, 0.29) is 6.54 Å². The first kappa shape index (κ1) is 11.8. The molecule has 0 fully saturated rings. The Hall–Kier alpha value is -1.25. The maximum absolute atomic E-state index is 11.8. The number of halogens is 3. The summed E-state index contributed by atoms with van der Waals surface area (Å²) in [6.45, 7) is 1.06. The van der Waals surface area contributed by atoms with Crippen molar-refractivity contribution in [2.75, 3.05) is 13.1 Å². The van der Waals surface area contributed by atoms with Crippen LogP contribution < -0.4 is 0 Å². The maximum Gasteiger partial charge on any atom is 0.471 e. The Morgan fingerprint density at radius 1 is 1.54 bits per heavy atom. The number of carbonyl (C=O) groups excluding carboxylic acids is 1. The van der Waals surface area contributed by atoms with Gasteiger partial charge in [0.2, 0.25) is 0 Å². The van der Waals surface area contributed by atoms with E-state index in [1.54, 1.807) is 6.92 Å². The molecule has 0 saturated carbocycles. The van der Waals surface area contributed by atoms with Crippen molar-refractivity contribution in [2.45, 2.75) is 19.5 Å². The van der Waals surface area contributed by atoms with Gasteiger partial charge >= 0.3 is 12.1 Å². The standard InChI is InChI=1S/C7H9F3N2O/c1-2-4-12(5-3-11)6(13)7(8,9)10/h2,4-5H2,1H3. The molecule has 0 radical (unpaired) electrons. The molecule has 3 nitrogen and oxygen atoms in total. The lowest BCUT2D eigenvalue weighted by Crippen LogP contribution is -2.41. The molecule has 0 spiro atoms. The number of hydrogen-bond acceptors (Lipinski definition) is 2. The summed E-state index contributed by atoms with van der Waals surface area (Å²) >= 11 is 0. The van der Waals surface area contributed by atoms with Crippen LogP contribution in [0.15, 0.2) is 0 Å². The first-order valence-corrected chi connectivity index (χ1v) is 3.66. The normalized spacial score (nSPS) is 10.7. The van der Waals surface area contributed by atoms with E-state index in [1.807, 2.05) is 0 Å². The van der Waals surface area contributed by atoms with Gasteiger partial charge in [0.25, 0.3) is 0 Å². The van der Waals surface area contributed by atoms with Crippen molar-refractivity contribution in [2.24, 2.45) is 0 Å². The largest absolute Gasteiger partial charge is 0.471 e. The Labute approximate surface area is 73.7 Å². The van der Waals surface area contributed by atoms with Gasteiger partial charge in [0, 0.05) is 6.54 Å². The van der Waals surface area contributed by atoms with Crippen LogP contribution in [-0.4, -0.2) is 30.1 Å². The molecule has 0 atom stereocenters. The lowest BCUT2D eigenvalue weighted by molar-refractivity contribution is -0.184. The fraction of sp³-hybridized carbons (Fsp3) is 0.714. The predicted molar refractivity (Wildman–Crippen MR) is 38.5 cm³/mol. The van der Waals surface area contributed by atoms with Gasteiger partial charge in [-0.2, -0.15) is 18.4 Å². The van der Waals surface area contributed by atoms with Gasteiger partial charge in [0.1, 0.15) is 6.54 Å². The van der Waals surface area contributed by atoms with E-state index in [2.05, 4.69) is 0 Å². The lowest BCUT2D eigenvalue weighted by Gasteiger charge is -2.19. The van der Waals surface area contributed by atoms with Crippen molar-refractivity contribution in [3.63, 3.8) is 0 Å². The van der Waals surface area contributed by atoms with Crippen LogP contribution in [0.3, 0.4) is 0 Å². The summed E-state index contributed by atoms with van der Waals surface area (Å²) < 4.78 is 35.5. The smallest absolute Gasteiger partial charge is 0.322 e. The van der Waals surface area contributed by atoms with Crippen LogP contribution in [-0.2, 0) is 4.79 Å². The summed E-state index contributed by atoms with van der Waals surface area (Å²) in [6, 6.07) is 1.51. The number of nitrogens with zero attached hydrogens (tertiary/aromatic N) is 2. The average Bonchev–Trinajstić information content (AvgIpc) is 2.01. The van der Waals surface area contributed by atoms with E-state index in [1.165, 1.54) is 6.07 Å². The van der Waals surface area contributed by atoms with Gasteiger partial charge in [0.15, 0.2) is 0 Å². The second kappa shape index (κ2) is 4.70. The molecule has 0 aromatic heterocycles. The van der Waals surface area contributed by atoms with E-state index in [0.717, 1.165) is 0 Å². The number of hydrogen-bond donors (Lipinski definition) is 0. The van der Waals surface area contributed by atoms with E-state index >= 15 is 0 Å². The maximum atomic E-state index is 11.8. The molecule has 0 aromatic rings. The summed E-state index contributed by atoms with van der Waals surface area (Å²) in [4.78, 5) is 11.1. The minimum absolute atomic E-state index is 0.0497. The molecule has 1 amide bonds. The molecule has 0 rings (SSSR count). The van der Waals surface area contributed by atoms with E-state index < -0.39 is 18.6 Å². The van der Waals surface area contributed by atoms with E-state index in [9.17, 15) is 18.0 Å². The number of nitriles is 1. The number of alkyl halides is 3. The number of carbonyl (C=O) groups is 1. The highest BCUT2D eigenvalue weighted by Crippen LogP contribution is 2.18. The minimum Gasteiger partial charge on any atom is -0.322 e. The van der Waals surface area contributed by atoms with Gasteiger partial charge in [-0.3, -0.25) is 4.79 Å². The molecule has 0 aliphatic heterocycles. The summed E-state index contributed by atoms with van der Waals surface area (Å²) in [5.74, 6) is -1.95. The van der Waals surface area contributed by atoms with E-state index in [4.69, 9.17) is 5.26 Å². The number of rotatable bonds is 3. The Balaban J connectivity index is 4.38. The first-order chi connectivity index (χ1) is 5.93. The van der Waals surface area contributed by atoms with Gasteiger partial charge in [-0.05, 0) is 6.42 Å². The Morgan fingerprint density at radius 3 is 2.38 bits per heavy atom. The SMILES string of the molecule is CCCN(CC#N)C(=O)C(F)(F)F. The zero-order chi connectivity index (χ0) is 10.5. The van der Waals surface area contributed by atoms with Gasteiger partial charge in [-0.25, -0.2) is 0 Å². The summed E-state index contributed by atoms with van der Waals surface area (Å²) in [5, 5.41) is 8.17. The fourth-order valence-corrected chi connectivity index (χ4v) is 0.787. The van der Waals surface area contributed by atoms with Crippen LogP contribution in [0.5, 0.6) is 0 Å². The molecule has 0 saturated heterocycles. The molecule has 0 N–H and O–H groups in total. The highest BCUT2D eigenvalue weighted by molar-refractivity contribution is 5.82. The van der Waals surface area contributed by atoms with Crippen LogP contribution in [0.25, 0.3) is 0 Å². The highest BCUT2D eigenvalue weighted by Gasteiger charge is 2.41. The van der Waals surface area contributed by atoms with Gasteiger partial charge < -0.3 is 4.90 Å². The highest BCUT2D eigenvalue weighted by atomic mass is 19.4. The molecule has 13 heavy (non-hydrogen) atoms. The third kappa shape index (κ3) is 3.78. The second-order valence-corrected chi connectivity index (χ2v) is 2.38.